The summed E-state index contributed by atoms with van der Waals surface area (Å²) >= 11 is 3.49. The van der Waals surface area contributed by atoms with Gasteiger partial charge < -0.3 is 10.1 Å². The predicted octanol–water partition coefficient (Wildman–Crippen LogP) is 3.77. The van der Waals surface area contributed by atoms with Crippen LogP contribution in [-0.4, -0.2) is 30.6 Å². The molecule has 2 rings (SSSR count). The molecule has 0 spiro atoms. The number of thiophene rings is 1. The Morgan fingerprint density at radius 3 is 2.67 bits per heavy atom. The van der Waals surface area contributed by atoms with Gasteiger partial charge in [-0.2, -0.15) is 23.1 Å². The first-order valence-corrected chi connectivity index (χ1v) is 9.90. The smallest absolute Gasteiger partial charge is 0.257 e. The molecule has 0 fully saturated rings. The van der Waals surface area contributed by atoms with E-state index in [-0.39, 0.29) is 18.3 Å². The molecular weight excluding hydrogens is 342 g/mol. The van der Waals surface area contributed by atoms with E-state index >= 15 is 0 Å². The highest BCUT2D eigenvalue weighted by Crippen LogP contribution is 2.14. The molecule has 0 aliphatic rings. The third-order valence-corrected chi connectivity index (χ3v) is 5.05. The van der Waals surface area contributed by atoms with Crippen LogP contribution in [0.1, 0.15) is 29.3 Å². The van der Waals surface area contributed by atoms with Crippen LogP contribution in [0.25, 0.3) is 0 Å². The van der Waals surface area contributed by atoms with E-state index in [1.54, 1.807) is 47.4 Å². The fourth-order valence-electron chi connectivity index (χ4n) is 1.97. The van der Waals surface area contributed by atoms with Gasteiger partial charge in [0, 0.05) is 30.0 Å². The molecule has 0 unspecified atom stereocenters. The molecule has 0 aliphatic carbocycles. The van der Waals surface area contributed by atoms with E-state index in [0.717, 1.165) is 11.5 Å². The molecule has 0 aliphatic heterocycles. The van der Waals surface area contributed by atoms with Gasteiger partial charge in [0.15, 0.2) is 12.4 Å². The Balaban J connectivity index is 1.59. The average Bonchev–Trinajstić information content (AvgIpc) is 3.13. The number of thioether (sulfide) groups is 1. The summed E-state index contributed by atoms with van der Waals surface area (Å²) in [5.74, 6) is 2.39. The summed E-state index contributed by atoms with van der Waals surface area (Å²) in [5.41, 5.74) is 1.99. The Bertz CT molecular complexity index is 639. The number of carbonyl (C=O) groups is 2. The van der Waals surface area contributed by atoms with Crippen molar-refractivity contribution >= 4 is 34.8 Å². The first-order chi connectivity index (χ1) is 11.7. The fourth-order valence-corrected chi connectivity index (χ4v) is 3.55. The van der Waals surface area contributed by atoms with Gasteiger partial charge in [0.25, 0.3) is 5.91 Å². The van der Waals surface area contributed by atoms with Crippen molar-refractivity contribution in [2.24, 2.45) is 0 Å². The maximum absolute atomic E-state index is 11.7. The lowest BCUT2D eigenvalue weighted by molar-refractivity contribution is -0.122. The minimum atomic E-state index is -0.139. The summed E-state index contributed by atoms with van der Waals surface area (Å²) in [7, 11) is 0. The van der Waals surface area contributed by atoms with Gasteiger partial charge in [0.05, 0.1) is 0 Å². The van der Waals surface area contributed by atoms with Crippen molar-refractivity contribution in [2.75, 3.05) is 18.9 Å². The van der Waals surface area contributed by atoms with Gasteiger partial charge in [-0.25, -0.2) is 0 Å². The van der Waals surface area contributed by atoms with Gasteiger partial charge >= 0.3 is 0 Å². The molecule has 0 atom stereocenters. The van der Waals surface area contributed by atoms with Gasteiger partial charge in [-0.05, 0) is 46.7 Å². The molecule has 1 amide bonds. The lowest BCUT2D eigenvalue weighted by Gasteiger charge is -2.08. The lowest BCUT2D eigenvalue weighted by atomic mass is 10.1. The number of ketones is 1. The molecule has 1 aromatic carbocycles. The summed E-state index contributed by atoms with van der Waals surface area (Å²) in [6.45, 7) is 2.44. The minimum Gasteiger partial charge on any atom is -0.484 e. The van der Waals surface area contributed by atoms with Crippen molar-refractivity contribution in [1.82, 2.24) is 5.32 Å². The Labute approximate surface area is 150 Å². The molecule has 128 valence electrons. The summed E-state index contributed by atoms with van der Waals surface area (Å²) in [6.07, 6.45) is 0.479. The highest BCUT2D eigenvalue weighted by Gasteiger charge is 2.05. The fraction of sp³-hybridized carbons (Fsp3) is 0.333. The average molecular weight is 364 g/mol. The van der Waals surface area contributed by atoms with E-state index in [1.165, 1.54) is 5.56 Å². The maximum Gasteiger partial charge on any atom is 0.257 e. The van der Waals surface area contributed by atoms with Gasteiger partial charge in [-0.3, -0.25) is 9.59 Å². The van der Waals surface area contributed by atoms with Crippen LogP contribution in [0.3, 0.4) is 0 Å². The summed E-state index contributed by atoms with van der Waals surface area (Å²) in [6, 6.07) is 8.99. The normalized spacial score (nSPS) is 10.4. The van der Waals surface area contributed by atoms with Crippen molar-refractivity contribution in [3.05, 3.63) is 52.2 Å². The van der Waals surface area contributed by atoms with Crippen LogP contribution < -0.4 is 10.1 Å². The topological polar surface area (TPSA) is 55.4 Å². The molecule has 4 nitrogen and oxygen atoms in total. The number of amides is 1. The first-order valence-electron chi connectivity index (χ1n) is 7.80. The number of benzene rings is 1. The summed E-state index contributed by atoms with van der Waals surface area (Å²) < 4.78 is 5.42. The Hall–Kier alpha value is -1.79. The number of ether oxygens (including phenoxy) is 1. The molecule has 0 saturated carbocycles. The molecule has 1 N–H and O–H groups in total. The largest absolute Gasteiger partial charge is 0.484 e. The monoisotopic (exact) mass is 363 g/mol. The first kappa shape index (κ1) is 18.5. The maximum atomic E-state index is 11.7. The number of hydrogen-bond acceptors (Lipinski definition) is 5. The molecule has 24 heavy (non-hydrogen) atoms. The second-order valence-electron chi connectivity index (χ2n) is 5.12. The third kappa shape index (κ3) is 6.37. The van der Waals surface area contributed by atoms with Crippen LogP contribution in [0.4, 0.5) is 0 Å². The Morgan fingerprint density at radius 1 is 1.21 bits per heavy atom. The molecular formula is C18H21NO3S2. The number of rotatable bonds is 10. The number of nitrogens with one attached hydrogen (secondary N) is 1. The second kappa shape index (κ2) is 10.2. The van der Waals surface area contributed by atoms with E-state index in [2.05, 4.69) is 22.1 Å². The summed E-state index contributed by atoms with van der Waals surface area (Å²) in [5, 5.41) is 7.04. The van der Waals surface area contributed by atoms with E-state index in [9.17, 15) is 9.59 Å². The molecule has 0 bridgehead atoms. The van der Waals surface area contributed by atoms with E-state index in [4.69, 9.17) is 4.74 Å². The van der Waals surface area contributed by atoms with Crippen molar-refractivity contribution in [3.63, 3.8) is 0 Å². The Morgan fingerprint density at radius 2 is 2.00 bits per heavy atom. The molecule has 2 aromatic rings. The van der Waals surface area contributed by atoms with Crippen molar-refractivity contribution in [1.29, 1.82) is 0 Å². The molecule has 1 heterocycles. The molecule has 1 aromatic heterocycles. The SMILES string of the molecule is CCC(=O)c1ccc(OCC(=O)NCCSCc2ccsc2)cc1. The van der Waals surface area contributed by atoms with Crippen molar-refractivity contribution in [3.8, 4) is 5.75 Å². The van der Waals surface area contributed by atoms with Crippen molar-refractivity contribution < 1.29 is 14.3 Å². The van der Waals surface area contributed by atoms with E-state index < -0.39 is 0 Å². The third-order valence-electron chi connectivity index (χ3n) is 3.28. The lowest BCUT2D eigenvalue weighted by Crippen LogP contribution is -2.30. The van der Waals surface area contributed by atoms with Gasteiger partial charge in [0.2, 0.25) is 0 Å². The van der Waals surface area contributed by atoms with Crippen molar-refractivity contribution in [2.45, 2.75) is 19.1 Å². The van der Waals surface area contributed by atoms with Crippen LogP contribution in [0.2, 0.25) is 0 Å². The zero-order valence-corrected chi connectivity index (χ0v) is 15.3. The van der Waals surface area contributed by atoms with Crippen LogP contribution in [0, 0.1) is 0 Å². The number of hydrogen-bond donors (Lipinski definition) is 1. The predicted molar refractivity (Wildman–Crippen MR) is 100 cm³/mol. The van der Waals surface area contributed by atoms with Crippen LogP contribution in [-0.2, 0) is 10.5 Å². The number of carbonyl (C=O) groups excluding carboxylic acids is 2. The second-order valence-corrected chi connectivity index (χ2v) is 7.01. The highest BCUT2D eigenvalue weighted by atomic mass is 32.2. The van der Waals surface area contributed by atoms with Crippen LogP contribution in [0.5, 0.6) is 5.75 Å². The highest BCUT2D eigenvalue weighted by molar-refractivity contribution is 7.98. The van der Waals surface area contributed by atoms with Crippen LogP contribution in [0.15, 0.2) is 41.1 Å². The molecule has 6 heteroatoms. The summed E-state index contributed by atoms with van der Waals surface area (Å²) in [4.78, 5) is 23.3. The number of Topliss-reactive ketones (excluding diaryl/α,β-unsaturated/α-hetero) is 1. The molecule has 0 saturated heterocycles. The zero-order valence-electron chi connectivity index (χ0n) is 13.6. The van der Waals surface area contributed by atoms with E-state index in [1.807, 2.05) is 6.92 Å². The van der Waals surface area contributed by atoms with Gasteiger partial charge in [0.1, 0.15) is 5.75 Å². The zero-order chi connectivity index (χ0) is 17.2. The molecule has 0 radical (unpaired) electrons. The Kier molecular flexibility index (Phi) is 7.85. The van der Waals surface area contributed by atoms with E-state index in [0.29, 0.717) is 24.3 Å². The standard InChI is InChI=1S/C18H21NO3S2/c1-2-17(20)15-3-5-16(6-4-15)22-11-18(21)19-8-10-24-13-14-7-9-23-12-14/h3-7,9,12H,2,8,10-11,13H2,1H3,(H,19,21). The minimum absolute atomic E-state index is 0.0176. The van der Waals surface area contributed by atoms with Gasteiger partial charge in [-0.1, -0.05) is 6.92 Å². The quantitative estimate of drug-likeness (QED) is 0.516. The van der Waals surface area contributed by atoms with Gasteiger partial charge in [-0.15, -0.1) is 0 Å². The van der Waals surface area contributed by atoms with Crippen LogP contribution >= 0.6 is 23.1 Å².